The number of halogens is 1. The lowest BCUT2D eigenvalue weighted by Gasteiger charge is -2.33. The summed E-state index contributed by atoms with van der Waals surface area (Å²) in [6, 6.07) is 7.50. The first kappa shape index (κ1) is 15.6. The van der Waals surface area contributed by atoms with E-state index in [1.807, 2.05) is 12.3 Å². The van der Waals surface area contributed by atoms with Crippen molar-refractivity contribution >= 4 is 5.69 Å². The maximum atomic E-state index is 13.9. The molecule has 2 fully saturated rings. The summed E-state index contributed by atoms with van der Waals surface area (Å²) in [4.78, 5) is 0. The molecule has 0 radical (unpaired) electrons. The van der Waals surface area contributed by atoms with E-state index in [0.717, 1.165) is 31.9 Å². The Balaban J connectivity index is 1.46. The van der Waals surface area contributed by atoms with Crippen molar-refractivity contribution < 1.29 is 9.13 Å². The second kappa shape index (κ2) is 6.91. The monoisotopic (exact) mass is 330 g/mol. The van der Waals surface area contributed by atoms with Crippen LogP contribution in [0.25, 0.3) is 5.69 Å². The largest absolute Gasteiger partial charge is 0.379 e. The van der Waals surface area contributed by atoms with Crippen LogP contribution in [0.15, 0.2) is 36.7 Å². The summed E-state index contributed by atoms with van der Waals surface area (Å²) < 4.78 is 21.1. The molecule has 4 rings (SSSR count). The zero-order chi connectivity index (χ0) is 16.4. The number of anilines is 1. The van der Waals surface area contributed by atoms with Crippen molar-refractivity contribution in [1.82, 2.24) is 15.1 Å². The summed E-state index contributed by atoms with van der Waals surface area (Å²) in [5.41, 5.74) is 1.41. The number of rotatable bonds is 4. The number of benzene rings is 1. The van der Waals surface area contributed by atoms with Gasteiger partial charge in [-0.05, 0) is 30.9 Å². The molecule has 2 heterocycles. The first-order chi connectivity index (χ1) is 11.8. The second-order valence-electron chi connectivity index (χ2n) is 6.61. The molecule has 6 heteroatoms. The molecular formula is C18H23FN4O. The van der Waals surface area contributed by atoms with Crippen molar-refractivity contribution in [3.63, 3.8) is 0 Å². The fraction of sp³-hybridized carbons (Fsp3) is 0.500. The molecule has 2 aromatic rings. The van der Waals surface area contributed by atoms with Gasteiger partial charge in [-0.3, -0.25) is 0 Å². The first-order valence-electron chi connectivity index (χ1n) is 8.68. The van der Waals surface area contributed by atoms with E-state index in [0.29, 0.717) is 23.7 Å². The van der Waals surface area contributed by atoms with Crippen molar-refractivity contribution in [3.05, 3.63) is 42.5 Å². The molecule has 1 saturated heterocycles. The third kappa shape index (κ3) is 3.16. The van der Waals surface area contributed by atoms with Gasteiger partial charge in [0.1, 0.15) is 11.5 Å². The molecule has 3 unspecified atom stereocenters. The third-order valence-corrected chi connectivity index (χ3v) is 5.07. The van der Waals surface area contributed by atoms with Crippen LogP contribution in [0, 0.1) is 11.7 Å². The molecule has 1 aromatic carbocycles. The van der Waals surface area contributed by atoms with Crippen molar-refractivity contribution in [2.24, 2.45) is 5.92 Å². The van der Waals surface area contributed by atoms with E-state index >= 15 is 0 Å². The van der Waals surface area contributed by atoms with E-state index in [9.17, 15) is 4.39 Å². The predicted octanol–water partition coefficient (Wildman–Crippen LogP) is 2.58. The Labute approximate surface area is 141 Å². The van der Waals surface area contributed by atoms with Crippen LogP contribution in [0.5, 0.6) is 0 Å². The van der Waals surface area contributed by atoms with E-state index < -0.39 is 0 Å². The first-order valence-corrected chi connectivity index (χ1v) is 8.68. The van der Waals surface area contributed by atoms with Crippen LogP contribution in [0.2, 0.25) is 0 Å². The van der Waals surface area contributed by atoms with Gasteiger partial charge in [0.25, 0.3) is 0 Å². The molecule has 1 saturated carbocycles. The van der Waals surface area contributed by atoms with Gasteiger partial charge in [-0.15, -0.1) is 0 Å². The highest BCUT2D eigenvalue weighted by Gasteiger charge is 2.34. The molecule has 24 heavy (non-hydrogen) atoms. The fourth-order valence-corrected chi connectivity index (χ4v) is 3.89. The normalized spacial score (nSPS) is 27.3. The summed E-state index contributed by atoms with van der Waals surface area (Å²) in [7, 11) is 0. The molecule has 2 N–H and O–H groups in total. The van der Waals surface area contributed by atoms with Crippen LogP contribution in [0.4, 0.5) is 10.1 Å². The van der Waals surface area contributed by atoms with Gasteiger partial charge in [-0.1, -0.05) is 18.6 Å². The number of nitrogens with zero attached hydrogens (tertiary/aromatic N) is 2. The number of nitrogens with one attached hydrogen (secondary N) is 2. The Hall–Kier alpha value is -1.92. The summed E-state index contributed by atoms with van der Waals surface area (Å²) in [6.45, 7) is 2.52. The van der Waals surface area contributed by atoms with Gasteiger partial charge in [-0.2, -0.15) is 5.10 Å². The van der Waals surface area contributed by atoms with Gasteiger partial charge in [0.05, 0.1) is 31.3 Å². The van der Waals surface area contributed by atoms with Crippen molar-refractivity contribution in [2.45, 2.75) is 31.3 Å². The molecule has 5 nitrogen and oxygen atoms in total. The predicted molar refractivity (Wildman–Crippen MR) is 90.9 cm³/mol. The molecule has 0 bridgehead atoms. The SMILES string of the molecule is Fc1ccccc1-n1cc(NC2CCCC2C2COCCN2)cn1. The maximum absolute atomic E-state index is 13.9. The molecule has 0 spiro atoms. The van der Waals surface area contributed by atoms with Crippen molar-refractivity contribution in [1.29, 1.82) is 0 Å². The quantitative estimate of drug-likeness (QED) is 0.905. The lowest BCUT2D eigenvalue weighted by atomic mass is 9.94. The molecule has 3 atom stereocenters. The molecule has 1 aliphatic heterocycles. The highest BCUT2D eigenvalue weighted by molar-refractivity contribution is 5.44. The number of aromatic nitrogens is 2. The third-order valence-electron chi connectivity index (χ3n) is 5.07. The standard InChI is InChI=1S/C18H23FN4O/c19-15-5-1-2-7-18(15)23-11-13(10-21-23)22-16-6-3-4-14(16)17-12-24-9-8-20-17/h1-2,5,7,10-11,14,16-17,20,22H,3-4,6,8-9,12H2. The highest BCUT2D eigenvalue weighted by Crippen LogP contribution is 2.32. The van der Waals surface area contributed by atoms with Crippen molar-refractivity contribution in [3.8, 4) is 5.69 Å². The number of ether oxygens (including phenoxy) is 1. The average Bonchev–Trinajstić information content (AvgIpc) is 3.26. The van der Waals surface area contributed by atoms with Crippen LogP contribution in [0.1, 0.15) is 19.3 Å². The fourth-order valence-electron chi connectivity index (χ4n) is 3.89. The van der Waals surface area contributed by atoms with Crippen LogP contribution in [-0.2, 0) is 4.74 Å². The smallest absolute Gasteiger partial charge is 0.148 e. The minimum atomic E-state index is -0.269. The van der Waals surface area contributed by atoms with Gasteiger partial charge in [-0.25, -0.2) is 9.07 Å². The van der Waals surface area contributed by atoms with Gasteiger partial charge < -0.3 is 15.4 Å². The lowest BCUT2D eigenvalue weighted by molar-refractivity contribution is 0.0559. The van der Waals surface area contributed by atoms with E-state index in [1.54, 1.807) is 23.0 Å². The zero-order valence-corrected chi connectivity index (χ0v) is 13.6. The Bertz CT molecular complexity index is 683. The molecule has 1 aromatic heterocycles. The molecule has 1 aliphatic carbocycles. The summed E-state index contributed by atoms with van der Waals surface area (Å²) in [5.74, 6) is 0.288. The Morgan fingerprint density at radius 3 is 3.04 bits per heavy atom. The van der Waals surface area contributed by atoms with Gasteiger partial charge in [0, 0.05) is 18.6 Å². The van der Waals surface area contributed by atoms with E-state index in [-0.39, 0.29) is 5.82 Å². The number of morpholine rings is 1. The van der Waals surface area contributed by atoms with Gasteiger partial charge in [0.2, 0.25) is 0 Å². The van der Waals surface area contributed by atoms with Crippen LogP contribution in [0.3, 0.4) is 0 Å². The van der Waals surface area contributed by atoms with E-state index in [4.69, 9.17) is 4.74 Å². The van der Waals surface area contributed by atoms with Crippen LogP contribution in [-0.4, -0.2) is 41.6 Å². The minimum absolute atomic E-state index is 0.269. The lowest BCUT2D eigenvalue weighted by Crippen LogP contribution is -2.49. The topological polar surface area (TPSA) is 51.1 Å². The number of hydrogen-bond acceptors (Lipinski definition) is 4. The Morgan fingerprint density at radius 2 is 2.21 bits per heavy atom. The zero-order valence-electron chi connectivity index (χ0n) is 13.6. The maximum Gasteiger partial charge on any atom is 0.148 e. The Morgan fingerprint density at radius 1 is 1.29 bits per heavy atom. The summed E-state index contributed by atoms with van der Waals surface area (Å²) in [5, 5.41) is 11.5. The molecule has 0 amide bonds. The molecule has 2 aliphatic rings. The minimum Gasteiger partial charge on any atom is -0.379 e. The second-order valence-corrected chi connectivity index (χ2v) is 6.61. The number of hydrogen-bond donors (Lipinski definition) is 2. The van der Waals surface area contributed by atoms with Crippen LogP contribution < -0.4 is 10.6 Å². The highest BCUT2D eigenvalue weighted by atomic mass is 19.1. The summed E-state index contributed by atoms with van der Waals surface area (Å²) in [6.07, 6.45) is 7.21. The average molecular weight is 330 g/mol. The Kier molecular flexibility index (Phi) is 4.49. The van der Waals surface area contributed by atoms with Gasteiger partial charge in [0.15, 0.2) is 0 Å². The van der Waals surface area contributed by atoms with Crippen LogP contribution >= 0.6 is 0 Å². The van der Waals surface area contributed by atoms with E-state index in [2.05, 4.69) is 15.7 Å². The van der Waals surface area contributed by atoms with Gasteiger partial charge >= 0.3 is 0 Å². The van der Waals surface area contributed by atoms with Crippen molar-refractivity contribution in [2.75, 3.05) is 25.1 Å². The number of para-hydroxylation sites is 1. The summed E-state index contributed by atoms with van der Waals surface area (Å²) >= 11 is 0. The molecule has 128 valence electrons. The molecular weight excluding hydrogens is 307 g/mol. The van der Waals surface area contributed by atoms with E-state index in [1.165, 1.54) is 18.9 Å².